The number of para-hydroxylation sites is 2. The molecule has 2 saturated heterocycles. The number of amides is 2. The summed E-state index contributed by atoms with van der Waals surface area (Å²) < 4.78 is 14.8. The molecule has 3 aromatic carbocycles. The van der Waals surface area contributed by atoms with E-state index >= 15 is 0 Å². The summed E-state index contributed by atoms with van der Waals surface area (Å²) in [7, 11) is 5.33. The van der Waals surface area contributed by atoms with Gasteiger partial charge in [0.05, 0.1) is 12.7 Å². The number of halogens is 1. The van der Waals surface area contributed by atoms with Gasteiger partial charge in [-0.05, 0) is 65.9 Å². The largest absolute Gasteiger partial charge is 0.497 e. The van der Waals surface area contributed by atoms with Crippen LogP contribution in [0.1, 0.15) is 51.7 Å². The highest BCUT2D eigenvalue weighted by Gasteiger charge is 2.31. The van der Waals surface area contributed by atoms with Gasteiger partial charge in [-0.2, -0.15) is 0 Å². The number of aromatic nitrogens is 3. The average Bonchev–Trinajstić information content (AvgIpc) is 3.98. The third-order valence-electron chi connectivity index (χ3n) is 10.4. The van der Waals surface area contributed by atoms with Crippen molar-refractivity contribution in [1.82, 2.24) is 23.9 Å². The van der Waals surface area contributed by atoms with E-state index in [2.05, 4.69) is 94.2 Å². The summed E-state index contributed by atoms with van der Waals surface area (Å²) in [6.45, 7) is 3.97. The standard InChI is InChI=1S/C23H26N2O3.C19H18ClN3O/c1-27-16-23(26)24-11-10-18(14-24)21-15-25(22-9-4-3-8-20(21)22)13-17-6-5-7-19(12-17)28-2;1-22-12-16(14-5-2-3-7-17(14)22)13-8-10-23(11-13)19(24)15-6-4-9-21-18(15)20/h3-9,12,15,18H,10-11,13-14,16H2,1-2H3;2-7,9,12-13H,8,10-11H2,1H3. The molecule has 0 bridgehead atoms. The Morgan fingerprint density at radius 2 is 1.48 bits per heavy atom. The van der Waals surface area contributed by atoms with Gasteiger partial charge in [-0.1, -0.05) is 60.1 Å². The summed E-state index contributed by atoms with van der Waals surface area (Å²) in [5.74, 6) is 1.63. The zero-order valence-electron chi connectivity index (χ0n) is 29.9. The first-order valence-corrected chi connectivity index (χ1v) is 18.1. The Balaban J connectivity index is 0.000000164. The van der Waals surface area contributed by atoms with Crippen LogP contribution in [0.2, 0.25) is 5.15 Å². The third kappa shape index (κ3) is 7.29. The Morgan fingerprint density at radius 3 is 2.21 bits per heavy atom. The second kappa shape index (κ2) is 15.6. The highest BCUT2D eigenvalue weighted by Crippen LogP contribution is 2.36. The van der Waals surface area contributed by atoms with Crippen LogP contribution in [0.15, 0.2) is 104 Å². The van der Waals surface area contributed by atoms with Gasteiger partial charge in [-0.15, -0.1) is 0 Å². The van der Waals surface area contributed by atoms with E-state index in [0.29, 0.717) is 17.4 Å². The number of hydrogen-bond acceptors (Lipinski definition) is 5. The summed E-state index contributed by atoms with van der Waals surface area (Å²) in [6, 6.07) is 28.6. The van der Waals surface area contributed by atoms with Gasteiger partial charge in [-0.3, -0.25) is 9.59 Å². The molecule has 10 heteroatoms. The summed E-state index contributed by atoms with van der Waals surface area (Å²) in [5.41, 5.74) is 6.79. The maximum absolute atomic E-state index is 12.7. The number of pyridine rings is 1. The van der Waals surface area contributed by atoms with Gasteiger partial charge >= 0.3 is 0 Å². The molecule has 0 aliphatic carbocycles. The van der Waals surface area contributed by atoms with Crippen LogP contribution in [0.4, 0.5) is 0 Å². The summed E-state index contributed by atoms with van der Waals surface area (Å²) in [6.07, 6.45) is 8.02. The van der Waals surface area contributed by atoms with Gasteiger partial charge in [0.2, 0.25) is 5.91 Å². The van der Waals surface area contributed by atoms with Crippen LogP contribution in [0, 0.1) is 0 Å². The number of likely N-dealkylation sites (tertiary alicyclic amines) is 2. The Kier molecular flexibility index (Phi) is 10.6. The van der Waals surface area contributed by atoms with E-state index in [1.54, 1.807) is 32.5 Å². The fourth-order valence-electron chi connectivity index (χ4n) is 7.77. The Labute approximate surface area is 309 Å². The van der Waals surface area contributed by atoms with Crippen LogP contribution in [0.5, 0.6) is 5.75 Å². The number of fused-ring (bicyclic) bond motifs is 2. The molecule has 2 unspecified atom stereocenters. The smallest absolute Gasteiger partial charge is 0.257 e. The normalized spacial score (nSPS) is 17.1. The fraction of sp³-hybridized carbons (Fsp3) is 0.310. The Hall–Kier alpha value is -5.12. The van der Waals surface area contributed by atoms with Crippen molar-refractivity contribution in [2.45, 2.75) is 31.2 Å². The van der Waals surface area contributed by atoms with E-state index in [4.69, 9.17) is 21.1 Å². The van der Waals surface area contributed by atoms with Crippen molar-refractivity contribution >= 4 is 45.2 Å². The molecule has 5 heterocycles. The number of carbonyl (C=O) groups is 2. The predicted molar refractivity (Wildman–Crippen MR) is 205 cm³/mol. The van der Waals surface area contributed by atoms with E-state index in [1.165, 1.54) is 38.5 Å². The maximum Gasteiger partial charge on any atom is 0.257 e. The second-order valence-corrected chi connectivity index (χ2v) is 14.0. The lowest BCUT2D eigenvalue weighted by Gasteiger charge is -2.17. The second-order valence-electron chi connectivity index (χ2n) is 13.6. The first kappa shape index (κ1) is 35.3. The van der Waals surface area contributed by atoms with Crippen LogP contribution in [-0.4, -0.2) is 82.7 Å². The fourth-order valence-corrected chi connectivity index (χ4v) is 7.97. The summed E-state index contributed by atoms with van der Waals surface area (Å²) in [5, 5.41) is 2.83. The zero-order valence-corrected chi connectivity index (χ0v) is 30.6. The monoisotopic (exact) mass is 717 g/mol. The third-order valence-corrected chi connectivity index (χ3v) is 10.7. The van der Waals surface area contributed by atoms with Crippen LogP contribution >= 0.6 is 11.6 Å². The number of benzene rings is 3. The zero-order chi connectivity index (χ0) is 36.2. The molecule has 2 aliphatic heterocycles. The van der Waals surface area contributed by atoms with E-state index in [0.717, 1.165) is 51.3 Å². The Bertz CT molecular complexity index is 2210. The topological polar surface area (TPSA) is 81.8 Å². The number of ether oxygens (including phenoxy) is 2. The molecule has 0 N–H and O–H groups in total. The molecule has 0 saturated carbocycles. The minimum absolute atomic E-state index is 0.0316. The molecular formula is C42H44ClN5O4. The number of aryl methyl sites for hydroxylation is 1. The molecule has 8 rings (SSSR count). The van der Waals surface area contributed by atoms with Gasteiger partial charge in [0.15, 0.2) is 0 Å². The number of rotatable bonds is 8. The number of nitrogens with zero attached hydrogens (tertiary/aromatic N) is 5. The van der Waals surface area contributed by atoms with Gasteiger partial charge in [0.1, 0.15) is 17.5 Å². The van der Waals surface area contributed by atoms with Crippen molar-refractivity contribution in [1.29, 1.82) is 0 Å². The van der Waals surface area contributed by atoms with Crippen molar-refractivity contribution < 1.29 is 19.1 Å². The van der Waals surface area contributed by atoms with Gasteiger partial charge in [0, 0.05) is 99.1 Å². The predicted octanol–water partition coefficient (Wildman–Crippen LogP) is 7.52. The SMILES string of the molecule is COCC(=O)N1CCC(c2cn(Cc3cccc(OC)c3)c3ccccc23)C1.Cn1cc(C2CCN(C(=O)c3cccnc3Cl)C2)c2ccccc21. The molecule has 52 heavy (non-hydrogen) atoms. The maximum atomic E-state index is 12.7. The van der Waals surface area contributed by atoms with E-state index in [-0.39, 0.29) is 23.6 Å². The van der Waals surface area contributed by atoms with E-state index in [1.807, 2.05) is 21.9 Å². The van der Waals surface area contributed by atoms with Gasteiger partial charge in [-0.25, -0.2) is 4.98 Å². The Morgan fingerprint density at radius 1 is 0.808 bits per heavy atom. The summed E-state index contributed by atoms with van der Waals surface area (Å²) >= 11 is 6.07. The average molecular weight is 718 g/mol. The minimum atomic E-state index is -0.0316. The molecule has 268 valence electrons. The lowest BCUT2D eigenvalue weighted by Crippen LogP contribution is -2.31. The van der Waals surface area contributed by atoms with Gasteiger partial charge in [0.25, 0.3) is 5.91 Å². The lowest BCUT2D eigenvalue weighted by molar-refractivity contribution is -0.134. The molecule has 9 nitrogen and oxygen atoms in total. The van der Waals surface area contributed by atoms with Crippen molar-refractivity contribution in [2.75, 3.05) is 47.0 Å². The van der Waals surface area contributed by atoms with Crippen molar-refractivity contribution in [3.05, 3.63) is 131 Å². The van der Waals surface area contributed by atoms with Gasteiger partial charge < -0.3 is 28.4 Å². The number of carbonyl (C=O) groups excluding carboxylic acids is 2. The van der Waals surface area contributed by atoms with E-state index in [9.17, 15) is 9.59 Å². The summed E-state index contributed by atoms with van der Waals surface area (Å²) in [4.78, 5) is 32.7. The minimum Gasteiger partial charge on any atom is -0.497 e. The number of hydrogen-bond donors (Lipinski definition) is 0. The molecular weight excluding hydrogens is 674 g/mol. The van der Waals surface area contributed by atoms with Crippen LogP contribution in [0.25, 0.3) is 21.8 Å². The molecule has 2 atom stereocenters. The molecule has 0 radical (unpaired) electrons. The van der Waals surface area contributed by atoms with Crippen molar-refractivity contribution in [3.63, 3.8) is 0 Å². The highest BCUT2D eigenvalue weighted by molar-refractivity contribution is 6.32. The number of methoxy groups -OCH3 is 2. The highest BCUT2D eigenvalue weighted by atomic mass is 35.5. The van der Waals surface area contributed by atoms with Crippen LogP contribution in [0.3, 0.4) is 0 Å². The molecule has 2 amide bonds. The molecule has 2 fully saturated rings. The first-order chi connectivity index (χ1) is 25.3. The molecule has 0 spiro atoms. The van der Waals surface area contributed by atoms with Crippen LogP contribution < -0.4 is 4.74 Å². The van der Waals surface area contributed by atoms with Crippen LogP contribution in [-0.2, 0) is 23.1 Å². The van der Waals surface area contributed by atoms with Crippen molar-refractivity contribution in [2.24, 2.45) is 7.05 Å². The molecule has 2 aliphatic rings. The molecule has 6 aromatic rings. The van der Waals surface area contributed by atoms with E-state index < -0.39 is 0 Å². The quantitative estimate of drug-likeness (QED) is 0.152. The first-order valence-electron chi connectivity index (χ1n) is 17.8. The van der Waals surface area contributed by atoms with Crippen molar-refractivity contribution in [3.8, 4) is 5.75 Å². The lowest BCUT2D eigenvalue weighted by atomic mass is 9.98. The molecule has 3 aromatic heterocycles.